The second kappa shape index (κ2) is 7.69. The number of amides is 1. The largest absolute Gasteiger partial charge is 0.482 e. The minimum absolute atomic E-state index is 0.00319. The van der Waals surface area contributed by atoms with Crippen molar-refractivity contribution in [2.45, 2.75) is 6.04 Å². The van der Waals surface area contributed by atoms with Crippen LogP contribution in [-0.2, 0) is 4.79 Å². The van der Waals surface area contributed by atoms with Gasteiger partial charge in [0.2, 0.25) is 0 Å². The number of halogens is 1. The maximum Gasteiger partial charge on any atom is 0.261 e. The van der Waals surface area contributed by atoms with Crippen LogP contribution in [0.15, 0.2) is 54.6 Å². The normalized spacial score (nSPS) is 18.4. The molecule has 0 unspecified atom stereocenters. The van der Waals surface area contributed by atoms with Gasteiger partial charge in [0.15, 0.2) is 6.61 Å². The molecule has 1 amide bonds. The van der Waals surface area contributed by atoms with E-state index in [0.29, 0.717) is 17.3 Å². The first-order valence-electron chi connectivity index (χ1n) is 8.05. The lowest BCUT2D eigenvalue weighted by Gasteiger charge is -2.40. The summed E-state index contributed by atoms with van der Waals surface area (Å²) in [6.45, 7) is 2.38. The van der Waals surface area contributed by atoms with Crippen LogP contribution < -0.4 is 4.74 Å². The van der Waals surface area contributed by atoms with Gasteiger partial charge < -0.3 is 14.5 Å². The molecule has 2 aromatic rings. The standard InChI is InChI=1S/C19H21ClN2O2/c1-21-11-12-22(17(13-21)15-7-3-2-4-8-15)19(23)14-24-18-10-6-5-9-16(18)20/h2-10,17H,11-14H2,1H3/t17-/m0/s1. The predicted octanol–water partition coefficient (Wildman–Crippen LogP) is 3.23. The summed E-state index contributed by atoms with van der Waals surface area (Å²) in [6, 6.07) is 17.4. The highest BCUT2D eigenvalue weighted by molar-refractivity contribution is 6.32. The summed E-state index contributed by atoms with van der Waals surface area (Å²) in [5.74, 6) is 0.523. The summed E-state index contributed by atoms with van der Waals surface area (Å²) in [7, 11) is 2.08. The fourth-order valence-electron chi connectivity index (χ4n) is 2.96. The monoisotopic (exact) mass is 344 g/mol. The van der Waals surface area contributed by atoms with Crippen molar-refractivity contribution >= 4 is 17.5 Å². The van der Waals surface area contributed by atoms with Crippen LogP contribution in [0.2, 0.25) is 5.02 Å². The van der Waals surface area contributed by atoms with Crippen LogP contribution in [0.1, 0.15) is 11.6 Å². The lowest BCUT2D eigenvalue weighted by molar-refractivity contribution is -0.138. The van der Waals surface area contributed by atoms with Gasteiger partial charge in [0.05, 0.1) is 11.1 Å². The maximum absolute atomic E-state index is 12.7. The first-order chi connectivity index (χ1) is 11.6. The first-order valence-corrected chi connectivity index (χ1v) is 8.43. The topological polar surface area (TPSA) is 32.8 Å². The highest BCUT2D eigenvalue weighted by atomic mass is 35.5. The van der Waals surface area contributed by atoms with Crippen LogP contribution in [0.25, 0.3) is 0 Å². The number of benzene rings is 2. The third kappa shape index (κ3) is 3.89. The van der Waals surface area contributed by atoms with E-state index in [-0.39, 0.29) is 18.6 Å². The molecular weight excluding hydrogens is 324 g/mol. The van der Waals surface area contributed by atoms with Gasteiger partial charge in [-0.15, -0.1) is 0 Å². The van der Waals surface area contributed by atoms with E-state index in [4.69, 9.17) is 16.3 Å². The van der Waals surface area contributed by atoms with Gasteiger partial charge in [0.25, 0.3) is 5.91 Å². The number of piperazine rings is 1. The quantitative estimate of drug-likeness (QED) is 0.853. The van der Waals surface area contributed by atoms with E-state index in [1.165, 1.54) is 0 Å². The molecular formula is C19H21ClN2O2. The Morgan fingerprint density at radius 1 is 1.12 bits per heavy atom. The second-order valence-electron chi connectivity index (χ2n) is 5.99. The van der Waals surface area contributed by atoms with Crippen LogP contribution in [0.4, 0.5) is 0 Å². The summed E-state index contributed by atoms with van der Waals surface area (Å²) in [5, 5.41) is 0.517. The zero-order chi connectivity index (χ0) is 16.9. The van der Waals surface area contributed by atoms with Gasteiger partial charge in [-0.05, 0) is 24.7 Å². The van der Waals surface area contributed by atoms with E-state index >= 15 is 0 Å². The molecule has 0 bridgehead atoms. The van der Waals surface area contributed by atoms with Gasteiger partial charge in [0, 0.05) is 19.6 Å². The van der Waals surface area contributed by atoms with Crippen LogP contribution >= 0.6 is 11.6 Å². The Morgan fingerprint density at radius 3 is 2.58 bits per heavy atom. The van der Waals surface area contributed by atoms with Crippen molar-refractivity contribution in [1.29, 1.82) is 0 Å². The smallest absolute Gasteiger partial charge is 0.261 e. The molecule has 0 spiro atoms. The summed E-state index contributed by atoms with van der Waals surface area (Å²) in [4.78, 5) is 16.9. The summed E-state index contributed by atoms with van der Waals surface area (Å²) in [5.41, 5.74) is 1.15. The molecule has 1 fully saturated rings. The van der Waals surface area contributed by atoms with Gasteiger partial charge in [0.1, 0.15) is 5.75 Å². The molecule has 2 aromatic carbocycles. The zero-order valence-corrected chi connectivity index (χ0v) is 14.4. The molecule has 1 saturated heterocycles. The van der Waals surface area contributed by atoms with Gasteiger partial charge in [-0.1, -0.05) is 54.1 Å². The Hall–Kier alpha value is -2.04. The van der Waals surface area contributed by atoms with Crippen molar-refractivity contribution in [3.8, 4) is 5.75 Å². The Balaban J connectivity index is 1.71. The average Bonchev–Trinajstić information content (AvgIpc) is 2.61. The fourth-order valence-corrected chi connectivity index (χ4v) is 3.15. The molecule has 0 saturated carbocycles. The fraction of sp³-hybridized carbons (Fsp3) is 0.316. The molecule has 4 nitrogen and oxygen atoms in total. The highest BCUT2D eigenvalue weighted by Crippen LogP contribution is 2.26. The number of para-hydroxylation sites is 1. The van der Waals surface area contributed by atoms with Crippen LogP contribution in [0.5, 0.6) is 5.75 Å². The minimum atomic E-state index is -0.0168. The second-order valence-corrected chi connectivity index (χ2v) is 6.40. The number of ether oxygens (including phenoxy) is 1. The molecule has 0 N–H and O–H groups in total. The molecule has 0 radical (unpaired) electrons. The van der Waals surface area contributed by atoms with E-state index in [1.54, 1.807) is 12.1 Å². The summed E-state index contributed by atoms with van der Waals surface area (Å²) in [6.07, 6.45) is 0. The van der Waals surface area contributed by atoms with E-state index < -0.39 is 0 Å². The number of carbonyl (C=O) groups is 1. The van der Waals surface area contributed by atoms with E-state index in [2.05, 4.69) is 24.1 Å². The third-order valence-electron chi connectivity index (χ3n) is 4.28. The SMILES string of the molecule is CN1CCN(C(=O)COc2ccccc2Cl)[C@H](c2ccccc2)C1. The lowest BCUT2D eigenvalue weighted by Crippen LogP contribution is -2.50. The Labute approximate surface area is 147 Å². The van der Waals surface area contributed by atoms with E-state index in [0.717, 1.165) is 18.7 Å². The van der Waals surface area contributed by atoms with Crippen molar-refractivity contribution in [3.63, 3.8) is 0 Å². The molecule has 0 aromatic heterocycles. The van der Waals surface area contributed by atoms with Crippen molar-refractivity contribution in [2.24, 2.45) is 0 Å². The number of carbonyl (C=O) groups excluding carboxylic acids is 1. The number of hydrogen-bond acceptors (Lipinski definition) is 3. The Bertz CT molecular complexity index is 693. The van der Waals surface area contributed by atoms with Crippen molar-refractivity contribution < 1.29 is 9.53 Å². The van der Waals surface area contributed by atoms with Crippen LogP contribution in [0.3, 0.4) is 0 Å². The number of nitrogens with zero attached hydrogens (tertiary/aromatic N) is 2. The molecule has 1 aliphatic heterocycles. The van der Waals surface area contributed by atoms with Gasteiger partial charge >= 0.3 is 0 Å². The number of hydrogen-bond donors (Lipinski definition) is 0. The lowest BCUT2D eigenvalue weighted by atomic mass is 10.0. The molecule has 1 aliphatic rings. The average molecular weight is 345 g/mol. The first kappa shape index (κ1) is 16.8. The zero-order valence-electron chi connectivity index (χ0n) is 13.7. The van der Waals surface area contributed by atoms with Gasteiger partial charge in [-0.2, -0.15) is 0 Å². The van der Waals surface area contributed by atoms with Gasteiger partial charge in [-0.25, -0.2) is 0 Å². The van der Waals surface area contributed by atoms with Crippen molar-refractivity contribution in [1.82, 2.24) is 9.80 Å². The molecule has 0 aliphatic carbocycles. The predicted molar refractivity (Wildman–Crippen MR) is 95.3 cm³/mol. The number of rotatable bonds is 4. The van der Waals surface area contributed by atoms with Gasteiger partial charge in [-0.3, -0.25) is 4.79 Å². The Kier molecular flexibility index (Phi) is 5.38. The van der Waals surface area contributed by atoms with E-state index in [1.807, 2.05) is 35.2 Å². The van der Waals surface area contributed by atoms with E-state index in [9.17, 15) is 4.79 Å². The Morgan fingerprint density at radius 2 is 1.83 bits per heavy atom. The highest BCUT2D eigenvalue weighted by Gasteiger charge is 2.30. The molecule has 5 heteroatoms. The molecule has 1 atom stereocenters. The molecule has 126 valence electrons. The molecule has 3 rings (SSSR count). The maximum atomic E-state index is 12.7. The minimum Gasteiger partial charge on any atom is -0.482 e. The summed E-state index contributed by atoms with van der Waals surface area (Å²) >= 11 is 6.08. The number of likely N-dealkylation sites (N-methyl/N-ethyl adjacent to an activating group) is 1. The summed E-state index contributed by atoms with van der Waals surface area (Å²) < 4.78 is 5.63. The third-order valence-corrected chi connectivity index (χ3v) is 4.59. The molecule has 24 heavy (non-hydrogen) atoms. The van der Waals surface area contributed by atoms with Crippen LogP contribution in [-0.4, -0.2) is 49.0 Å². The van der Waals surface area contributed by atoms with Crippen molar-refractivity contribution in [2.75, 3.05) is 33.3 Å². The van der Waals surface area contributed by atoms with Crippen molar-refractivity contribution in [3.05, 3.63) is 65.2 Å². The molecule has 1 heterocycles. The van der Waals surface area contributed by atoms with Crippen LogP contribution in [0, 0.1) is 0 Å².